The summed E-state index contributed by atoms with van der Waals surface area (Å²) in [5, 5.41) is 14.7. The number of methoxy groups -OCH3 is 1. The lowest BCUT2D eigenvalue weighted by Crippen LogP contribution is -2.44. The van der Waals surface area contributed by atoms with Crippen molar-refractivity contribution in [1.29, 1.82) is 5.26 Å². The molecule has 2 heterocycles. The summed E-state index contributed by atoms with van der Waals surface area (Å²) in [6.07, 6.45) is 2.34. The van der Waals surface area contributed by atoms with Crippen LogP contribution in [0.1, 0.15) is 18.5 Å². The van der Waals surface area contributed by atoms with Crippen LogP contribution in [0.4, 0.5) is 20.6 Å². The van der Waals surface area contributed by atoms with Gasteiger partial charge in [0, 0.05) is 30.8 Å². The number of hydrogen-bond acceptors (Lipinski definition) is 6. The number of likely N-dealkylation sites (tertiary alicyclic amines) is 1. The molecule has 1 aliphatic rings. The lowest BCUT2D eigenvalue weighted by atomic mass is 9.92. The Hall–Kier alpha value is -2.79. The van der Waals surface area contributed by atoms with Crippen LogP contribution >= 0.6 is 38.8 Å². The zero-order chi connectivity index (χ0) is 24.0. The Bertz CT molecular complexity index is 1130. The Labute approximate surface area is 212 Å². The molecule has 1 saturated heterocycles. The Balaban J connectivity index is 1.57. The van der Waals surface area contributed by atoms with Crippen molar-refractivity contribution in [2.45, 2.75) is 12.8 Å². The number of hydrogen-bond donors (Lipinski definition) is 2. The highest BCUT2D eigenvalue weighted by Gasteiger charge is 2.30. The number of pyridine rings is 1. The van der Waals surface area contributed by atoms with E-state index in [2.05, 4.69) is 34.8 Å². The van der Waals surface area contributed by atoms with Crippen LogP contribution in [0.2, 0.25) is 0 Å². The second-order valence-corrected chi connectivity index (χ2v) is 8.47. The molecule has 2 N–H and O–H groups in total. The fourth-order valence-electron chi connectivity index (χ4n) is 3.33. The third kappa shape index (κ3) is 6.17. The highest BCUT2D eigenvalue weighted by Crippen LogP contribution is 2.24. The quantitative estimate of drug-likeness (QED) is 0.285. The second kappa shape index (κ2) is 11.4. The van der Waals surface area contributed by atoms with Gasteiger partial charge >= 0.3 is 6.03 Å². The van der Waals surface area contributed by atoms with Gasteiger partial charge in [-0.25, -0.2) is 14.2 Å². The first-order chi connectivity index (χ1) is 15.9. The largest absolute Gasteiger partial charge is 0.494 e. The molecule has 0 atom stereocenters. The van der Waals surface area contributed by atoms with E-state index in [1.807, 2.05) is 6.07 Å². The summed E-state index contributed by atoms with van der Waals surface area (Å²) >= 11 is 4.87. The van der Waals surface area contributed by atoms with Crippen molar-refractivity contribution >= 4 is 67.8 Å². The highest BCUT2D eigenvalue weighted by atomic mass is 127. The molecule has 0 spiro atoms. The van der Waals surface area contributed by atoms with Crippen molar-refractivity contribution in [3.8, 4) is 11.8 Å². The van der Waals surface area contributed by atoms with E-state index < -0.39 is 5.82 Å². The topological polar surface area (TPSA) is 120 Å². The zero-order valence-electron chi connectivity index (χ0n) is 17.4. The van der Waals surface area contributed by atoms with Gasteiger partial charge in [0.15, 0.2) is 17.3 Å². The van der Waals surface area contributed by atoms with Crippen LogP contribution in [-0.4, -0.2) is 47.7 Å². The van der Waals surface area contributed by atoms with Gasteiger partial charge in [0.05, 0.1) is 46.3 Å². The van der Waals surface area contributed by atoms with Gasteiger partial charge in [0.25, 0.3) is 0 Å². The van der Waals surface area contributed by atoms with Gasteiger partial charge < -0.3 is 20.3 Å². The monoisotopic (exact) mass is 628 g/mol. The summed E-state index contributed by atoms with van der Waals surface area (Å²) in [4.78, 5) is 31.1. The van der Waals surface area contributed by atoms with E-state index in [0.717, 1.165) is 0 Å². The van der Waals surface area contributed by atoms with Crippen LogP contribution in [0.3, 0.4) is 0 Å². The number of piperidine rings is 1. The van der Waals surface area contributed by atoms with Gasteiger partial charge in [-0.15, -0.1) is 0 Å². The van der Waals surface area contributed by atoms with Gasteiger partial charge in [0.1, 0.15) is 11.9 Å². The standard InChI is InChI=1S/C21H19BrFIN6O3/c1-33-18-9-14(11-26-17(18)10-25)28-21(32)30-6-4-12(5-7-30)19(31)20(29-24)27-13-2-3-16(23)15(22)8-13/h2-3,8-9,11-12H,4-7H2,1H3,(H,27,29)(H,28,32). The molecule has 0 bridgehead atoms. The molecule has 33 heavy (non-hydrogen) atoms. The van der Waals surface area contributed by atoms with Crippen molar-refractivity contribution in [3.05, 3.63) is 46.4 Å². The molecule has 2 aromatic rings. The molecule has 9 nitrogen and oxygen atoms in total. The Morgan fingerprint density at radius 2 is 2.03 bits per heavy atom. The van der Waals surface area contributed by atoms with E-state index >= 15 is 0 Å². The minimum absolute atomic E-state index is 0.129. The maximum absolute atomic E-state index is 13.4. The first kappa shape index (κ1) is 24.8. The summed E-state index contributed by atoms with van der Waals surface area (Å²) in [5.41, 5.74) is 1.07. The van der Waals surface area contributed by atoms with Crippen LogP contribution in [0.15, 0.2) is 38.1 Å². The van der Waals surface area contributed by atoms with Crippen molar-refractivity contribution in [2.24, 2.45) is 9.12 Å². The van der Waals surface area contributed by atoms with Crippen LogP contribution in [-0.2, 0) is 4.79 Å². The summed E-state index contributed by atoms with van der Waals surface area (Å²) in [5.74, 6) is -0.416. The fraction of sp³-hybridized carbons (Fsp3) is 0.286. The molecule has 3 rings (SSSR count). The average Bonchev–Trinajstić information content (AvgIpc) is 2.84. The third-order valence-electron chi connectivity index (χ3n) is 5.08. The number of benzene rings is 1. The number of anilines is 2. The maximum Gasteiger partial charge on any atom is 0.321 e. The van der Waals surface area contributed by atoms with Crippen molar-refractivity contribution in [2.75, 3.05) is 30.8 Å². The van der Waals surface area contributed by atoms with Gasteiger partial charge in [-0.2, -0.15) is 8.47 Å². The molecule has 0 aliphatic carbocycles. The smallest absolute Gasteiger partial charge is 0.321 e. The highest BCUT2D eigenvalue weighted by molar-refractivity contribution is 14.1. The number of ether oxygens (including phenoxy) is 1. The number of aromatic nitrogens is 1. The molecule has 0 saturated carbocycles. The van der Waals surface area contributed by atoms with E-state index in [1.54, 1.807) is 27.8 Å². The van der Waals surface area contributed by atoms with Crippen LogP contribution in [0.25, 0.3) is 0 Å². The van der Waals surface area contributed by atoms with Gasteiger partial charge in [-0.3, -0.25) is 4.79 Å². The molecular weight excluding hydrogens is 610 g/mol. The number of Topliss-reactive ketones (excluding diaryl/α,β-unsaturated/α-hetero) is 1. The summed E-state index contributed by atoms with van der Waals surface area (Å²) in [6, 6.07) is 7.46. The van der Waals surface area contributed by atoms with Crippen LogP contribution in [0, 0.1) is 23.1 Å². The van der Waals surface area contributed by atoms with Gasteiger partial charge in [0.2, 0.25) is 5.78 Å². The van der Waals surface area contributed by atoms with Crippen LogP contribution in [0.5, 0.6) is 5.75 Å². The first-order valence-electron chi connectivity index (χ1n) is 9.81. The third-order valence-corrected chi connectivity index (χ3v) is 6.17. The Kier molecular flexibility index (Phi) is 8.56. The number of halogens is 3. The van der Waals surface area contributed by atoms with Crippen molar-refractivity contribution < 1.29 is 18.7 Å². The second-order valence-electron chi connectivity index (χ2n) is 7.13. The molecule has 1 aromatic carbocycles. The molecule has 172 valence electrons. The predicted molar refractivity (Wildman–Crippen MR) is 133 cm³/mol. The number of urea groups is 1. The lowest BCUT2D eigenvalue weighted by Gasteiger charge is -2.31. The molecule has 1 aromatic heterocycles. The minimum atomic E-state index is -0.402. The molecule has 2 amide bonds. The predicted octanol–water partition coefficient (Wildman–Crippen LogP) is 4.54. The summed E-state index contributed by atoms with van der Waals surface area (Å²) in [6.45, 7) is 0.777. The number of rotatable bonds is 5. The van der Waals surface area contributed by atoms with Crippen molar-refractivity contribution in [3.63, 3.8) is 0 Å². The minimum Gasteiger partial charge on any atom is -0.494 e. The van der Waals surface area contributed by atoms with E-state index in [9.17, 15) is 14.0 Å². The van der Waals surface area contributed by atoms with Crippen molar-refractivity contribution in [1.82, 2.24) is 9.88 Å². The number of nitrogens with zero attached hydrogens (tertiary/aromatic N) is 4. The lowest BCUT2D eigenvalue weighted by molar-refractivity contribution is -0.117. The molecule has 1 fully saturated rings. The van der Waals surface area contributed by atoms with E-state index in [4.69, 9.17) is 10.00 Å². The number of carbonyl (C=O) groups excluding carboxylic acids is 2. The fourth-order valence-corrected chi connectivity index (χ4v) is 4.07. The molecular formula is C21H19BrFIN6O3. The van der Waals surface area contributed by atoms with E-state index in [-0.39, 0.29) is 39.5 Å². The Morgan fingerprint density at radius 3 is 2.64 bits per heavy atom. The van der Waals surface area contributed by atoms with Gasteiger partial charge in [-0.1, -0.05) is 0 Å². The van der Waals surface area contributed by atoms with E-state index in [0.29, 0.717) is 37.3 Å². The molecule has 0 unspecified atom stereocenters. The number of nitriles is 1. The normalized spacial score (nSPS) is 14.4. The molecule has 1 aliphatic heterocycles. The zero-order valence-corrected chi connectivity index (χ0v) is 21.2. The summed E-state index contributed by atoms with van der Waals surface area (Å²) in [7, 11) is 1.42. The summed E-state index contributed by atoms with van der Waals surface area (Å²) < 4.78 is 22.9. The molecule has 0 radical (unpaired) electrons. The number of nitrogens with one attached hydrogen (secondary N) is 2. The average molecular weight is 629 g/mol. The maximum atomic E-state index is 13.4. The van der Waals surface area contributed by atoms with Gasteiger partial charge in [-0.05, 0) is 47.0 Å². The number of ketones is 1. The number of amides is 2. The van der Waals surface area contributed by atoms with E-state index in [1.165, 1.54) is 37.6 Å². The SMILES string of the molecule is COc1cc(NC(=O)N2CCC(C(=O)/C(=N/I)Nc3ccc(F)c(Br)c3)CC2)cnc1C#N. The Morgan fingerprint density at radius 1 is 1.30 bits per heavy atom. The van der Waals surface area contributed by atoms with Crippen LogP contribution < -0.4 is 15.4 Å². The number of carbonyl (C=O) groups is 2. The molecule has 12 heteroatoms. The number of amidine groups is 1. The first-order valence-corrected chi connectivity index (χ1v) is 11.6.